The van der Waals surface area contributed by atoms with Crippen LogP contribution >= 0.6 is 11.8 Å². The molecule has 16 heavy (non-hydrogen) atoms. The van der Waals surface area contributed by atoms with Crippen LogP contribution in [0, 0.1) is 0 Å². The number of thioether (sulfide) groups is 1. The molecule has 96 valence electrons. The highest BCUT2D eigenvalue weighted by Crippen LogP contribution is 2.21. The standard InChI is InChI=1S/C9H18O6S/c1-16-3-2-14-9-8(13)7(12)6(11)5(4-10)15-9/h5-13H,2-4H2,1H3/t5?,6-,7?,8?,9?/m1/s1. The molecule has 4 unspecified atom stereocenters. The Kier molecular flexibility index (Phi) is 5.98. The summed E-state index contributed by atoms with van der Waals surface area (Å²) in [6.07, 6.45) is -4.01. The van der Waals surface area contributed by atoms with Gasteiger partial charge in [0.15, 0.2) is 6.29 Å². The highest BCUT2D eigenvalue weighted by atomic mass is 32.2. The summed E-state index contributed by atoms with van der Waals surface area (Å²) in [7, 11) is 0. The summed E-state index contributed by atoms with van der Waals surface area (Å²) < 4.78 is 10.3. The van der Waals surface area contributed by atoms with Crippen molar-refractivity contribution in [3.8, 4) is 0 Å². The van der Waals surface area contributed by atoms with E-state index in [1.165, 1.54) is 0 Å². The topological polar surface area (TPSA) is 99.4 Å². The number of aliphatic hydroxyl groups excluding tert-OH is 4. The normalized spacial score (nSPS) is 39.9. The average Bonchev–Trinajstić information content (AvgIpc) is 2.29. The van der Waals surface area contributed by atoms with Gasteiger partial charge >= 0.3 is 0 Å². The monoisotopic (exact) mass is 254 g/mol. The van der Waals surface area contributed by atoms with Gasteiger partial charge in [-0.05, 0) is 6.26 Å². The Labute approximate surface area is 98.2 Å². The van der Waals surface area contributed by atoms with E-state index in [1.807, 2.05) is 6.26 Å². The van der Waals surface area contributed by atoms with Gasteiger partial charge in [0.05, 0.1) is 13.2 Å². The first-order valence-electron chi connectivity index (χ1n) is 5.03. The van der Waals surface area contributed by atoms with Crippen molar-refractivity contribution in [2.75, 3.05) is 25.2 Å². The SMILES string of the molecule is CSCCOC1OC(CO)[C@@H](O)C(O)C1O. The van der Waals surface area contributed by atoms with Crippen LogP contribution in [0.1, 0.15) is 0 Å². The number of hydrogen-bond acceptors (Lipinski definition) is 7. The van der Waals surface area contributed by atoms with Crippen LogP contribution in [0.25, 0.3) is 0 Å². The lowest BCUT2D eigenvalue weighted by atomic mass is 9.99. The molecule has 1 saturated heterocycles. The minimum absolute atomic E-state index is 0.365. The Bertz CT molecular complexity index is 202. The third-order valence-corrected chi connectivity index (χ3v) is 2.99. The van der Waals surface area contributed by atoms with Crippen LogP contribution in [0.2, 0.25) is 0 Å². The predicted molar refractivity (Wildman–Crippen MR) is 58.1 cm³/mol. The third kappa shape index (κ3) is 3.30. The molecular weight excluding hydrogens is 236 g/mol. The predicted octanol–water partition coefficient (Wildman–Crippen LogP) is -1.83. The van der Waals surface area contributed by atoms with E-state index < -0.39 is 37.3 Å². The molecule has 1 aliphatic heterocycles. The maximum atomic E-state index is 9.57. The van der Waals surface area contributed by atoms with Crippen molar-refractivity contribution in [3.05, 3.63) is 0 Å². The molecule has 1 rings (SSSR count). The fourth-order valence-electron chi connectivity index (χ4n) is 1.45. The van der Waals surface area contributed by atoms with E-state index in [2.05, 4.69) is 0 Å². The molecule has 0 aromatic carbocycles. The summed E-state index contributed by atoms with van der Waals surface area (Å²) in [5, 5.41) is 37.4. The zero-order valence-electron chi connectivity index (χ0n) is 9.02. The van der Waals surface area contributed by atoms with E-state index in [9.17, 15) is 15.3 Å². The molecule has 4 N–H and O–H groups in total. The van der Waals surface area contributed by atoms with E-state index in [4.69, 9.17) is 14.6 Å². The maximum Gasteiger partial charge on any atom is 0.186 e. The first-order valence-corrected chi connectivity index (χ1v) is 6.42. The Hall–Kier alpha value is 0.110. The van der Waals surface area contributed by atoms with Crippen LogP contribution in [0.5, 0.6) is 0 Å². The van der Waals surface area contributed by atoms with Crippen molar-refractivity contribution < 1.29 is 29.9 Å². The minimum Gasteiger partial charge on any atom is -0.394 e. The quantitative estimate of drug-likeness (QED) is 0.428. The fraction of sp³-hybridized carbons (Fsp3) is 1.00. The van der Waals surface area contributed by atoms with Crippen LogP contribution in [-0.4, -0.2) is 76.4 Å². The number of hydrogen-bond donors (Lipinski definition) is 4. The number of ether oxygens (including phenoxy) is 2. The second kappa shape index (κ2) is 6.75. The van der Waals surface area contributed by atoms with Crippen LogP contribution in [0.15, 0.2) is 0 Å². The molecule has 6 nitrogen and oxygen atoms in total. The molecule has 7 heteroatoms. The molecule has 0 aliphatic carbocycles. The molecule has 1 aliphatic rings. The van der Waals surface area contributed by atoms with Crippen molar-refractivity contribution in [1.29, 1.82) is 0 Å². The zero-order chi connectivity index (χ0) is 12.1. The van der Waals surface area contributed by atoms with Gasteiger partial charge in [-0.1, -0.05) is 0 Å². The molecule has 0 radical (unpaired) electrons. The van der Waals surface area contributed by atoms with Gasteiger partial charge in [-0.25, -0.2) is 0 Å². The fourth-order valence-corrected chi connectivity index (χ4v) is 1.72. The van der Waals surface area contributed by atoms with E-state index in [1.54, 1.807) is 11.8 Å². The van der Waals surface area contributed by atoms with E-state index in [0.717, 1.165) is 5.75 Å². The van der Waals surface area contributed by atoms with Gasteiger partial charge in [0.2, 0.25) is 0 Å². The summed E-state index contributed by atoms with van der Waals surface area (Å²) in [6.45, 7) is -0.0722. The van der Waals surface area contributed by atoms with Crippen molar-refractivity contribution in [2.45, 2.75) is 30.7 Å². The third-order valence-electron chi connectivity index (χ3n) is 2.42. The van der Waals surface area contributed by atoms with Crippen LogP contribution < -0.4 is 0 Å². The summed E-state index contributed by atoms with van der Waals surface area (Å²) in [5.41, 5.74) is 0. The zero-order valence-corrected chi connectivity index (χ0v) is 9.84. The Morgan fingerprint density at radius 1 is 1.19 bits per heavy atom. The molecule has 0 saturated carbocycles. The molecule has 1 heterocycles. The first-order chi connectivity index (χ1) is 7.61. The van der Waals surface area contributed by atoms with Crippen molar-refractivity contribution in [3.63, 3.8) is 0 Å². The number of aliphatic hydroxyl groups is 4. The van der Waals surface area contributed by atoms with E-state index in [0.29, 0.717) is 6.61 Å². The lowest BCUT2D eigenvalue weighted by Crippen LogP contribution is -2.59. The smallest absolute Gasteiger partial charge is 0.186 e. The first kappa shape index (κ1) is 14.2. The second-order valence-corrected chi connectivity index (χ2v) is 4.55. The van der Waals surface area contributed by atoms with Gasteiger partial charge < -0.3 is 29.9 Å². The molecule has 0 aromatic rings. The van der Waals surface area contributed by atoms with Crippen molar-refractivity contribution in [2.24, 2.45) is 0 Å². The van der Waals surface area contributed by atoms with Gasteiger partial charge in [-0.2, -0.15) is 11.8 Å². The largest absolute Gasteiger partial charge is 0.394 e. The Morgan fingerprint density at radius 3 is 2.44 bits per heavy atom. The van der Waals surface area contributed by atoms with E-state index >= 15 is 0 Å². The van der Waals surface area contributed by atoms with Gasteiger partial charge in [0, 0.05) is 5.75 Å². The van der Waals surface area contributed by atoms with Gasteiger partial charge in [-0.15, -0.1) is 0 Å². The van der Waals surface area contributed by atoms with E-state index in [-0.39, 0.29) is 0 Å². The number of rotatable bonds is 5. The molecule has 1 fully saturated rings. The molecule has 0 spiro atoms. The molecule has 0 amide bonds. The summed E-state index contributed by atoms with van der Waals surface area (Å²) in [6, 6.07) is 0. The van der Waals surface area contributed by atoms with Crippen LogP contribution in [0.3, 0.4) is 0 Å². The minimum atomic E-state index is -1.37. The average molecular weight is 254 g/mol. The van der Waals surface area contributed by atoms with Crippen molar-refractivity contribution in [1.82, 2.24) is 0 Å². The summed E-state index contributed by atoms with van der Waals surface area (Å²) in [4.78, 5) is 0. The van der Waals surface area contributed by atoms with Crippen LogP contribution in [-0.2, 0) is 9.47 Å². The highest BCUT2D eigenvalue weighted by molar-refractivity contribution is 7.98. The Balaban J connectivity index is 2.50. The molecular formula is C9H18O6S. The van der Waals surface area contributed by atoms with Crippen molar-refractivity contribution >= 4 is 11.8 Å². The molecule has 0 bridgehead atoms. The Morgan fingerprint density at radius 2 is 1.88 bits per heavy atom. The highest BCUT2D eigenvalue weighted by Gasteiger charge is 2.43. The molecule has 5 atom stereocenters. The molecule has 0 aromatic heterocycles. The van der Waals surface area contributed by atoms with Gasteiger partial charge in [-0.3, -0.25) is 0 Å². The second-order valence-electron chi connectivity index (χ2n) is 3.56. The van der Waals surface area contributed by atoms with Crippen LogP contribution in [0.4, 0.5) is 0 Å². The van der Waals surface area contributed by atoms with Gasteiger partial charge in [0.1, 0.15) is 24.4 Å². The summed E-state index contributed by atoms with van der Waals surface area (Å²) >= 11 is 1.58. The summed E-state index contributed by atoms with van der Waals surface area (Å²) in [5.74, 6) is 0.731. The lowest BCUT2D eigenvalue weighted by Gasteiger charge is -2.39. The maximum absolute atomic E-state index is 9.57. The lowest BCUT2D eigenvalue weighted by molar-refractivity contribution is -0.299. The van der Waals surface area contributed by atoms with Gasteiger partial charge in [0.25, 0.3) is 0 Å².